The largest absolute Gasteiger partial charge is 0.508 e. The Kier molecular flexibility index (Phi) is 5.65. The maximum absolute atomic E-state index is 13.8. The molecule has 148 valence electrons. The number of nitrogens with zero attached hydrogens (tertiary/aromatic N) is 1. The molecule has 0 unspecified atom stereocenters. The van der Waals surface area contributed by atoms with Crippen LogP contribution in [0.4, 0.5) is 4.39 Å². The lowest BCUT2D eigenvalue weighted by Crippen LogP contribution is -2.33. The molecule has 0 spiro atoms. The van der Waals surface area contributed by atoms with Crippen LogP contribution in [0.25, 0.3) is 0 Å². The number of hydrogen-bond acceptors (Lipinski definition) is 4. The zero-order valence-corrected chi connectivity index (χ0v) is 17.4. The van der Waals surface area contributed by atoms with Gasteiger partial charge in [0.15, 0.2) is 0 Å². The van der Waals surface area contributed by atoms with Crippen LogP contribution in [0, 0.1) is 5.82 Å². The summed E-state index contributed by atoms with van der Waals surface area (Å²) in [6.45, 7) is 0. The van der Waals surface area contributed by atoms with Crippen LogP contribution in [0.2, 0.25) is 0 Å². The standard InChI is InChI=1S/C23H20BrFN2O2/c1-29-18-7-3-4-14(11-18)20-13-21(19-12-16(24)8-9-22(19)28)27-23(26-20)15-5-2-6-17(25)10-15/h2-12,21,23,27-28H,13H2,1H3/t21-,23+/m0/s1. The normalized spacial score (nSPS) is 18.9. The fourth-order valence-electron chi connectivity index (χ4n) is 3.54. The predicted octanol–water partition coefficient (Wildman–Crippen LogP) is 5.52. The molecule has 1 heterocycles. The Morgan fingerprint density at radius 3 is 2.72 bits per heavy atom. The second-order valence-corrected chi connectivity index (χ2v) is 7.81. The van der Waals surface area contributed by atoms with Crippen molar-refractivity contribution in [3.63, 3.8) is 0 Å². The SMILES string of the molecule is COc1cccc(C2=N[C@@H](c3cccc(F)c3)N[C@H](c3cc(Br)ccc3O)C2)c1. The van der Waals surface area contributed by atoms with E-state index in [1.807, 2.05) is 36.4 Å². The van der Waals surface area contributed by atoms with Crippen molar-refractivity contribution in [1.82, 2.24) is 5.32 Å². The van der Waals surface area contributed by atoms with Gasteiger partial charge in [0.2, 0.25) is 0 Å². The Balaban J connectivity index is 1.78. The fourth-order valence-corrected chi connectivity index (χ4v) is 3.91. The second-order valence-electron chi connectivity index (χ2n) is 6.89. The highest BCUT2D eigenvalue weighted by Crippen LogP contribution is 2.36. The van der Waals surface area contributed by atoms with Crippen molar-refractivity contribution in [3.05, 3.63) is 93.7 Å². The Morgan fingerprint density at radius 2 is 1.93 bits per heavy atom. The molecule has 0 bridgehead atoms. The number of phenols is 1. The van der Waals surface area contributed by atoms with Gasteiger partial charge in [-0.2, -0.15) is 0 Å². The van der Waals surface area contributed by atoms with E-state index in [0.29, 0.717) is 6.42 Å². The summed E-state index contributed by atoms with van der Waals surface area (Å²) in [7, 11) is 1.63. The summed E-state index contributed by atoms with van der Waals surface area (Å²) in [5, 5.41) is 13.9. The van der Waals surface area contributed by atoms with Gasteiger partial charge in [-0.1, -0.05) is 40.2 Å². The monoisotopic (exact) mass is 454 g/mol. The topological polar surface area (TPSA) is 53.8 Å². The molecule has 29 heavy (non-hydrogen) atoms. The van der Waals surface area contributed by atoms with E-state index in [1.54, 1.807) is 25.3 Å². The molecule has 0 saturated heterocycles. The molecule has 2 N–H and O–H groups in total. The summed E-state index contributed by atoms with van der Waals surface area (Å²) in [6, 6.07) is 19.3. The third kappa shape index (κ3) is 4.33. The van der Waals surface area contributed by atoms with Crippen LogP contribution in [0.15, 0.2) is 76.2 Å². The number of ether oxygens (including phenoxy) is 1. The van der Waals surface area contributed by atoms with Gasteiger partial charge in [0, 0.05) is 28.2 Å². The van der Waals surface area contributed by atoms with Crippen LogP contribution in [0.5, 0.6) is 11.5 Å². The van der Waals surface area contributed by atoms with Crippen LogP contribution in [-0.2, 0) is 0 Å². The average Bonchev–Trinajstić information content (AvgIpc) is 2.75. The van der Waals surface area contributed by atoms with Crippen molar-refractivity contribution in [3.8, 4) is 11.5 Å². The van der Waals surface area contributed by atoms with Crippen molar-refractivity contribution < 1.29 is 14.2 Å². The van der Waals surface area contributed by atoms with Crippen molar-refractivity contribution in [2.45, 2.75) is 18.6 Å². The van der Waals surface area contributed by atoms with Crippen molar-refractivity contribution in [2.75, 3.05) is 7.11 Å². The quantitative estimate of drug-likeness (QED) is 0.545. The average molecular weight is 455 g/mol. The molecule has 0 radical (unpaired) electrons. The number of hydrogen-bond donors (Lipinski definition) is 2. The van der Waals surface area contributed by atoms with Crippen molar-refractivity contribution in [2.24, 2.45) is 4.99 Å². The lowest BCUT2D eigenvalue weighted by molar-refractivity contribution is 0.410. The molecule has 2 atom stereocenters. The lowest BCUT2D eigenvalue weighted by atomic mass is 9.93. The molecule has 1 aliphatic rings. The summed E-state index contributed by atoms with van der Waals surface area (Å²) < 4.78 is 20.1. The van der Waals surface area contributed by atoms with Crippen LogP contribution in [0.1, 0.15) is 35.3 Å². The first-order chi connectivity index (χ1) is 14.0. The van der Waals surface area contributed by atoms with E-state index in [-0.39, 0.29) is 17.6 Å². The number of aliphatic imine (C=N–C) groups is 1. The summed E-state index contributed by atoms with van der Waals surface area (Å²) in [6.07, 6.45) is 0.132. The van der Waals surface area contributed by atoms with E-state index < -0.39 is 6.17 Å². The van der Waals surface area contributed by atoms with E-state index in [2.05, 4.69) is 21.2 Å². The van der Waals surface area contributed by atoms with Gasteiger partial charge in [0.25, 0.3) is 0 Å². The lowest BCUT2D eigenvalue weighted by Gasteiger charge is -2.31. The minimum Gasteiger partial charge on any atom is -0.508 e. The molecule has 6 heteroatoms. The highest BCUT2D eigenvalue weighted by atomic mass is 79.9. The van der Waals surface area contributed by atoms with Crippen LogP contribution >= 0.6 is 15.9 Å². The first-order valence-electron chi connectivity index (χ1n) is 9.24. The molecular formula is C23H20BrFN2O2. The molecule has 0 saturated carbocycles. The van der Waals surface area contributed by atoms with Crippen LogP contribution < -0.4 is 10.1 Å². The highest BCUT2D eigenvalue weighted by molar-refractivity contribution is 9.10. The van der Waals surface area contributed by atoms with E-state index in [9.17, 15) is 9.50 Å². The van der Waals surface area contributed by atoms with Gasteiger partial charge in [0.1, 0.15) is 23.5 Å². The minimum atomic E-state index is -0.441. The molecule has 0 aliphatic carbocycles. The number of methoxy groups -OCH3 is 1. The molecule has 3 aromatic rings. The molecule has 1 aliphatic heterocycles. The van der Waals surface area contributed by atoms with Gasteiger partial charge in [0.05, 0.1) is 7.11 Å². The summed E-state index contributed by atoms with van der Waals surface area (Å²) in [5.74, 6) is 0.637. The Morgan fingerprint density at radius 1 is 1.10 bits per heavy atom. The maximum atomic E-state index is 13.8. The van der Waals surface area contributed by atoms with Crippen molar-refractivity contribution >= 4 is 21.6 Å². The molecule has 0 amide bonds. The van der Waals surface area contributed by atoms with Gasteiger partial charge < -0.3 is 9.84 Å². The summed E-state index contributed by atoms with van der Waals surface area (Å²) in [5.41, 5.74) is 3.29. The maximum Gasteiger partial charge on any atom is 0.126 e. The first-order valence-corrected chi connectivity index (χ1v) is 10.0. The number of halogens is 2. The Labute approximate surface area is 177 Å². The van der Waals surface area contributed by atoms with Gasteiger partial charge in [-0.15, -0.1) is 0 Å². The van der Waals surface area contributed by atoms with Gasteiger partial charge in [-0.05, 0) is 53.6 Å². The molecule has 4 nitrogen and oxygen atoms in total. The molecular weight excluding hydrogens is 435 g/mol. The summed E-state index contributed by atoms with van der Waals surface area (Å²) >= 11 is 3.48. The summed E-state index contributed by atoms with van der Waals surface area (Å²) in [4.78, 5) is 4.86. The van der Waals surface area contributed by atoms with Crippen LogP contribution in [0.3, 0.4) is 0 Å². The predicted molar refractivity (Wildman–Crippen MR) is 115 cm³/mol. The van der Waals surface area contributed by atoms with E-state index in [1.165, 1.54) is 12.1 Å². The number of nitrogens with one attached hydrogen (secondary N) is 1. The Bertz CT molecular complexity index is 1070. The zero-order valence-electron chi connectivity index (χ0n) is 15.8. The number of rotatable bonds is 4. The van der Waals surface area contributed by atoms with Gasteiger partial charge >= 0.3 is 0 Å². The van der Waals surface area contributed by atoms with E-state index in [4.69, 9.17) is 9.73 Å². The third-order valence-electron chi connectivity index (χ3n) is 4.97. The fraction of sp³-hybridized carbons (Fsp3) is 0.174. The Hall–Kier alpha value is -2.70. The molecule has 4 rings (SSSR count). The van der Waals surface area contributed by atoms with Gasteiger partial charge in [-0.3, -0.25) is 10.3 Å². The second kappa shape index (κ2) is 8.35. The third-order valence-corrected chi connectivity index (χ3v) is 5.47. The smallest absolute Gasteiger partial charge is 0.126 e. The molecule has 0 fully saturated rings. The van der Waals surface area contributed by atoms with Crippen LogP contribution in [-0.4, -0.2) is 17.9 Å². The highest BCUT2D eigenvalue weighted by Gasteiger charge is 2.28. The van der Waals surface area contributed by atoms with E-state index >= 15 is 0 Å². The first kappa shape index (κ1) is 19.6. The number of aromatic hydroxyl groups is 1. The number of phenolic OH excluding ortho intramolecular Hbond substituents is 1. The minimum absolute atomic E-state index is 0.195. The molecule has 0 aromatic heterocycles. The number of benzene rings is 3. The van der Waals surface area contributed by atoms with E-state index in [0.717, 1.165) is 32.6 Å². The van der Waals surface area contributed by atoms with Gasteiger partial charge in [-0.25, -0.2) is 4.39 Å². The zero-order chi connectivity index (χ0) is 20.4. The van der Waals surface area contributed by atoms with Crippen molar-refractivity contribution in [1.29, 1.82) is 0 Å². The molecule has 3 aromatic carbocycles.